The van der Waals surface area contributed by atoms with Crippen molar-refractivity contribution in [2.75, 3.05) is 13.1 Å². The third-order valence-corrected chi connectivity index (χ3v) is 3.80. The minimum absolute atomic E-state index is 0.288. The smallest absolute Gasteiger partial charge is 0.222 e. The molecule has 0 spiro atoms. The maximum absolute atomic E-state index is 12.1. The van der Waals surface area contributed by atoms with E-state index >= 15 is 0 Å². The van der Waals surface area contributed by atoms with Gasteiger partial charge < -0.3 is 4.90 Å². The molecule has 0 aromatic heterocycles. The Morgan fingerprint density at radius 3 is 2.78 bits per heavy atom. The quantitative estimate of drug-likeness (QED) is 0.819. The van der Waals surface area contributed by atoms with E-state index in [-0.39, 0.29) is 5.91 Å². The number of halogens is 1. The maximum Gasteiger partial charge on any atom is 0.222 e. The number of benzene rings is 1. The number of hydrogen-bond donors (Lipinski definition) is 0. The zero-order valence-corrected chi connectivity index (χ0v) is 11.6. The Balaban J connectivity index is 1.82. The molecule has 2 nitrogen and oxygen atoms in total. The van der Waals surface area contributed by atoms with Crippen molar-refractivity contribution in [1.82, 2.24) is 4.90 Å². The summed E-state index contributed by atoms with van der Waals surface area (Å²) < 4.78 is 0. The fourth-order valence-electron chi connectivity index (χ4n) is 2.48. The first-order valence-corrected chi connectivity index (χ1v) is 7.05. The summed E-state index contributed by atoms with van der Waals surface area (Å²) in [6.45, 7) is 4.09. The fourth-order valence-corrected chi connectivity index (χ4v) is 2.60. The van der Waals surface area contributed by atoms with E-state index in [2.05, 4.69) is 6.92 Å². The molecule has 1 aromatic carbocycles. The number of amides is 1. The van der Waals surface area contributed by atoms with Crippen LogP contribution in [0.25, 0.3) is 0 Å². The molecule has 0 bridgehead atoms. The summed E-state index contributed by atoms with van der Waals surface area (Å²) in [6.07, 6.45) is 3.81. The third-order valence-electron chi connectivity index (χ3n) is 3.55. The summed E-state index contributed by atoms with van der Waals surface area (Å²) in [6, 6.07) is 7.75. The number of likely N-dealkylation sites (tertiary alicyclic amines) is 1. The van der Waals surface area contributed by atoms with E-state index in [1.54, 1.807) is 0 Å². The van der Waals surface area contributed by atoms with E-state index in [1.807, 2.05) is 29.2 Å². The van der Waals surface area contributed by atoms with Gasteiger partial charge in [-0.15, -0.1) is 0 Å². The van der Waals surface area contributed by atoms with Crippen LogP contribution >= 0.6 is 11.6 Å². The lowest BCUT2D eigenvalue weighted by atomic mass is 9.99. The molecule has 98 valence electrons. The van der Waals surface area contributed by atoms with Gasteiger partial charge >= 0.3 is 0 Å². The van der Waals surface area contributed by atoms with Crippen molar-refractivity contribution in [2.24, 2.45) is 5.92 Å². The summed E-state index contributed by atoms with van der Waals surface area (Å²) in [4.78, 5) is 14.1. The van der Waals surface area contributed by atoms with E-state index in [9.17, 15) is 4.79 Å². The molecule has 0 saturated carbocycles. The molecule has 3 heteroatoms. The lowest BCUT2D eigenvalue weighted by molar-refractivity contribution is -0.132. The second-order valence-electron chi connectivity index (χ2n) is 5.21. The van der Waals surface area contributed by atoms with Gasteiger partial charge in [0, 0.05) is 24.5 Å². The third kappa shape index (κ3) is 3.74. The first-order valence-electron chi connectivity index (χ1n) is 6.67. The van der Waals surface area contributed by atoms with Crippen LogP contribution in [0.3, 0.4) is 0 Å². The number of carbonyl (C=O) groups is 1. The van der Waals surface area contributed by atoms with Crippen molar-refractivity contribution in [2.45, 2.75) is 32.6 Å². The van der Waals surface area contributed by atoms with Crippen molar-refractivity contribution in [1.29, 1.82) is 0 Å². The summed E-state index contributed by atoms with van der Waals surface area (Å²) in [7, 11) is 0. The molecule has 1 heterocycles. The Morgan fingerprint density at radius 2 is 2.11 bits per heavy atom. The molecule has 1 fully saturated rings. The van der Waals surface area contributed by atoms with Crippen LogP contribution in [0, 0.1) is 5.92 Å². The fraction of sp³-hybridized carbons (Fsp3) is 0.533. The van der Waals surface area contributed by atoms with Crippen LogP contribution in [-0.2, 0) is 11.2 Å². The Labute approximate surface area is 114 Å². The van der Waals surface area contributed by atoms with Crippen molar-refractivity contribution in [3.05, 3.63) is 34.9 Å². The van der Waals surface area contributed by atoms with Crippen LogP contribution in [0.15, 0.2) is 24.3 Å². The largest absolute Gasteiger partial charge is 0.342 e. The van der Waals surface area contributed by atoms with Gasteiger partial charge in [0.05, 0.1) is 0 Å². The van der Waals surface area contributed by atoms with Crippen LogP contribution in [0.5, 0.6) is 0 Å². The molecule has 1 aromatic rings. The monoisotopic (exact) mass is 265 g/mol. The van der Waals surface area contributed by atoms with Crippen molar-refractivity contribution in [3.63, 3.8) is 0 Å². The number of aryl methyl sites for hydroxylation is 1. The molecule has 0 radical (unpaired) electrons. The molecule has 0 N–H and O–H groups in total. The number of rotatable bonds is 3. The Kier molecular flexibility index (Phi) is 4.65. The molecule has 1 aliphatic rings. The van der Waals surface area contributed by atoms with E-state index in [0.29, 0.717) is 12.3 Å². The number of nitrogens with zero attached hydrogens (tertiary/aromatic N) is 1. The zero-order chi connectivity index (χ0) is 13.0. The molecular formula is C15H20ClNO. The van der Waals surface area contributed by atoms with Crippen molar-refractivity contribution < 1.29 is 4.79 Å². The second kappa shape index (κ2) is 6.24. The summed E-state index contributed by atoms with van der Waals surface area (Å²) in [5.41, 5.74) is 1.18. The minimum atomic E-state index is 0.288. The van der Waals surface area contributed by atoms with Gasteiger partial charge in [0.1, 0.15) is 0 Å². The van der Waals surface area contributed by atoms with E-state index < -0.39 is 0 Å². The predicted octanol–water partition coefficient (Wildman–Crippen LogP) is 3.53. The van der Waals surface area contributed by atoms with Crippen LogP contribution < -0.4 is 0 Å². The highest BCUT2D eigenvalue weighted by Gasteiger charge is 2.20. The first kappa shape index (κ1) is 13.4. The van der Waals surface area contributed by atoms with Gasteiger partial charge in [-0.3, -0.25) is 4.79 Å². The van der Waals surface area contributed by atoms with Gasteiger partial charge in [0.25, 0.3) is 0 Å². The molecule has 1 saturated heterocycles. The molecule has 0 unspecified atom stereocenters. The highest BCUT2D eigenvalue weighted by atomic mass is 35.5. The molecule has 1 aliphatic heterocycles. The Hall–Kier alpha value is -1.02. The van der Waals surface area contributed by atoms with E-state index in [4.69, 9.17) is 11.6 Å². The van der Waals surface area contributed by atoms with E-state index in [1.165, 1.54) is 12.0 Å². The predicted molar refractivity (Wildman–Crippen MR) is 74.8 cm³/mol. The van der Waals surface area contributed by atoms with Crippen LogP contribution in [-0.4, -0.2) is 23.9 Å². The summed E-state index contributed by atoms with van der Waals surface area (Å²) >= 11 is 5.84. The highest BCUT2D eigenvalue weighted by molar-refractivity contribution is 6.30. The highest BCUT2D eigenvalue weighted by Crippen LogP contribution is 2.17. The van der Waals surface area contributed by atoms with Gasteiger partial charge in [0.2, 0.25) is 5.91 Å². The second-order valence-corrected chi connectivity index (χ2v) is 5.65. The average Bonchev–Trinajstić information content (AvgIpc) is 2.38. The molecule has 18 heavy (non-hydrogen) atoms. The van der Waals surface area contributed by atoms with Crippen LogP contribution in [0.4, 0.5) is 0 Å². The summed E-state index contributed by atoms with van der Waals surface area (Å²) in [5, 5.41) is 0.745. The van der Waals surface area contributed by atoms with E-state index in [0.717, 1.165) is 31.0 Å². The lowest BCUT2D eigenvalue weighted by Crippen LogP contribution is -2.39. The lowest BCUT2D eigenvalue weighted by Gasteiger charge is -2.31. The van der Waals surface area contributed by atoms with Gasteiger partial charge in [-0.2, -0.15) is 0 Å². The maximum atomic E-state index is 12.1. The molecular weight excluding hydrogens is 246 g/mol. The molecule has 0 aliphatic carbocycles. The molecule has 2 rings (SSSR count). The summed E-state index contributed by atoms with van der Waals surface area (Å²) in [5.74, 6) is 0.940. The molecule has 1 atom stereocenters. The molecule has 1 amide bonds. The Bertz CT molecular complexity index is 401. The average molecular weight is 266 g/mol. The first-order chi connectivity index (χ1) is 8.65. The van der Waals surface area contributed by atoms with Crippen molar-refractivity contribution in [3.8, 4) is 0 Å². The SMILES string of the molecule is C[C@H]1CCCN(C(=O)CCc2ccc(Cl)cc2)C1. The van der Waals surface area contributed by atoms with Crippen LogP contribution in [0.1, 0.15) is 31.7 Å². The number of hydrogen-bond acceptors (Lipinski definition) is 1. The number of piperidine rings is 1. The Morgan fingerprint density at radius 1 is 1.39 bits per heavy atom. The number of carbonyl (C=O) groups excluding carboxylic acids is 1. The van der Waals surface area contributed by atoms with Gasteiger partial charge in [-0.05, 0) is 42.9 Å². The van der Waals surface area contributed by atoms with Gasteiger partial charge in [-0.25, -0.2) is 0 Å². The standard InChI is InChI=1S/C15H20ClNO/c1-12-3-2-10-17(11-12)15(18)9-6-13-4-7-14(16)8-5-13/h4-5,7-8,12H,2-3,6,9-11H2,1H3/t12-/m0/s1. The van der Waals surface area contributed by atoms with Crippen molar-refractivity contribution >= 4 is 17.5 Å². The van der Waals surface area contributed by atoms with Gasteiger partial charge in [0.15, 0.2) is 0 Å². The normalized spacial score (nSPS) is 19.9. The van der Waals surface area contributed by atoms with Crippen LogP contribution in [0.2, 0.25) is 5.02 Å². The topological polar surface area (TPSA) is 20.3 Å². The minimum Gasteiger partial charge on any atom is -0.342 e. The zero-order valence-electron chi connectivity index (χ0n) is 10.9. The van der Waals surface area contributed by atoms with Gasteiger partial charge in [-0.1, -0.05) is 30.7 Å².